The number of ether oxygens (including phenoxy) is 2. The summed E-state index contributed by atoms with van der Waals surface area (Å²) < 4.78 is 43.9. The summed E-state index contributed by atoms with van der Waals surface area (Å²) in [5.74, 6) is 1.13. The van der Waals surface area contributed by atoms with Crippen molar-refractivity contribution in [3.63, 3.8) is 0 Å². The monoisotopic (exact) mass is 400 g/mol. The summed E-state index contributed by atoms with van der Waals surface area (Å²) in [6, 6.07) is 7.79. The summed E-state index contributed by atoms with van der Waals surface area (Å²) in [6.07, 6.45) is 1.58. The lowest BCUT2D eigenvalue weighted by Gasteiger charge is -2.33. The number of morpholine rings is 1. The molecule has 1 N–H and O–H groups in total. The molecule has 0 radical (unpaired) electrons. The van der Waals surface area contributed by atoms with Crippen LogP contribution in [0, 0.1) is 0 Å². The number of hydrogen-bond acceptors (Lipinski definition) is 6. The van der Waals surface area contributed by atoms with E-state index in [1.165, 1.54) is 25.3 Å². The SMILES string of the molecule is COc1ccc(S(=O)(=O)NCC(c2ccco2)N2CCOCC2)cc1Cl. The molecule has 1 saturated heterocycles. The van der Waals surface area contributed by atoms with Crippen molar-refractivity contribution in [2.45, 2.75) is 10.9 Å². The number of furan rings is 1. The van der Waals surface area contributed by atoms with Crippen LogP contribution in [0.25, 0.3) is 0 Å². The first-order chi connectivity index (χ1) is 12.5. The van der Waals surface area contributed by atoms with Gasteiger partial charge in [-0.05, 0) is 30.3 Å². The summed E-state index contributed by atoms with van der Waals surface area (Å²) in [4.78, 5) is 2.23. The summed E-state index contributed by atoms with van der Waals surface area (Å²) in [5, 5.41) is 0.242. The molecule has 0 saturated carbocycles. The van der Waals surface area contributed by atoms with Crippen molar-refractivity contribution in [1.29, 1.82) is 0 Å². The minimum Gasteiger partial charge on any atom is -0.495 e. The van der Waals surface area contributed by atoms with Gasteiger partial charge in [0.15, 0.2) is 0 Å². The maximum absolute atomic E-state index is 12.7. The van der Waals surface area contributed by atoms with Crippen LogP contribution in [0.15, 0.2) is 45.9 Å². The van der Waals surface area contributed by atoms with E-state index in [9.17, 15) is 8.42 Å². The Bertz CT molecular complexity index is 820. The van der Waals surface area contributed by atoms with Crippen molar-refractivity contribution in [1.82, 2.24) is 9.62 Å². The molecule has 2 heterocycles. The highest BCUT2D eigenvalue weighted by atomic mass is 35.5. The van der Waals surface area contributed by atoms with Crippen LogP contribution in [-0.2, 0) is 14.8 Å². The van der Waals surface area contributed by atoms with Crippen LogP contribution in [-0.4, -0.2) is 53.3 Å². The molecule has 1 aromatic heterocycles. The molecule has 142 valence electrons. The van der Waals surface area contributed by atoms with Crippen LogP contribution >= 0.6 is 11.6 Å². The van der Waals surface area contributed by atoms with E-state index in [2.05, 4.69) is 9.62 Å². The highest BCUT2D eigenvalue weighted by Gasteiger charge is 2.27. The highest BCUT2D eigenvalue weighted by Crippen LogP contribution is 2.27. The molecule has 1 atom stereocenters. The second-order valence-corrected chi connectivity index (χ2v) is 8.00. The number of methoxy groups -OCH3 is 1. The van der Waals surface area contributed by atoms with Gasteiger partial charge in [0.25, 0.3) is 0 Å². The van der Waals surface area contributed by atoms with Crippen LogP contribution in [0.3, 0.4) is 0 Å². The van der Waals surface area contributed by atoms with E-state index in [4.69, 9.17) is 25.5 Å². The molecule has 3 rings (SSSR count). The Kier molecular flexibility index (Phi) is 6.20. The normalized spacial score (nSPS) is 17.2. The maximum Gasteiger partial charge on any atom is 0.240 e. The van der Waals surface area contributed by atoms with Gasteiger partial charge >= 0.3 is 0 Å². The van der Waals surface area contributed by atoms with Crippen molar-refractivity contribution < 1.29 is 22.3 Å². The molecule has 1 aliphatic heterocycles. The third-order valence-electron chi connectivity index (χ3n) is 4.26. The molecular weight excluding hydrogens is 380 g/mol. The first kappa shape index (κ1) is 19.2. The topological polar surface area (TPSA) is 81.0 Å². The van der Waals surface area contributed by atoms with E-state index < -0.39 is 10.0 Å². The summed E-state index contributed by atoms with van der Waals surface area (Å²) in [7, 11) is -2.25. The Hall–Kier alpha value is -1.58. The molecule has 1 unspecified atom stereocenters. The van der Waals surface area contributed by atoms with E-state index in [1.807, 2.05) is 6.07 Å². The zero-order valence-electron chi connectivity index (χ0n) is 14.4. The zero-order chi connectivity index (χ0) is 18.6. The largest absolute Gasteiger partial charge is 0.495 e. The van der Waals surface area contributed by atoms with E-state index in [0.29, 0.717) is 37.8 Å². The molecule has 0 aliphatic carbocycles. The molecule has 9 heteroatoms. The lowest BCUT2D eigenvalue weighted by Crippen LogP contribution is -2.43. The summed E-state index contributed by atoms with van der Waals surface area (Å²) in [5.41, 5.74) is 0. The fraction of sp³-hybridized carbons (Fsp3) is 0.412. The first-order valence-electron chi connectivity index (χ1n) is 8.19. The molecule has 1 fully saturated rings. The third-order valence-corrected chi connectivity index (χ3v) is 5.97. The van der Waals surface area contributed by atoms with Crippen LogP contribution in [0.1, 0.15) is 11.8 Å². The van der Waals surface area contributed by atoms with Crippen molar-refractivity contribution in [3.05, 3.63) is 47.4 Å². The molecule has 2 aromatic rings. The Morgan fingerprint density at radius 2 is 2.08 bits per heavy atom. The van der Waals surface area contributed by atoms with Gasteiger partial charge in [-0.15, -0.1) is 0 Å². The maximum atomic E-state index is 12.7. The predicted molar refractivity (Wildman–Crippen MR) is 97.0 cm³/mol. The zero-order valence-corrected chi connectivity index (χ0v) is 15.9. The number of hydrogen-bond donors (Lipinski definition) is 1. The standard InChI is InChI=1S/C17H21ClN2O5S/c1-23-16-5-4-13(11-14(16)18)26(21,22)19-12-15(17-3-2-8-25-17)20-6-9-24-10-7-20/h2-5,8,11,15,19H,6-7,9-10,12H2,1H3. The second-order valence-electron chi connectivity index (χ2n) is 5.83. The number of benzene rings is 1. The molecular formula is C17H21ClN2O5S. The molecule has 0 bridgehead atoms. The minimum absolute atomic E-state index is 0.0865. The van der Waals surface area contributed by atoms with Gasteiger partial charge in [0.05, 0.1) is 42.5 Å². The fourth-order valence-electron chi connectivity index (χ4n) is 2.87. The molecule has 26 heavy (non-hydrogen) atoms. The van der Waals surface area contributed by atoms with Crippen molar-refractivity contribution >= 4 is 21.6 Å². The highest BCUT2D eigenvalue weighted by molar-refractivity contribution is 7.89. The van der Waals surface area contributed by atoms with Crippen LogP contribution in [0.2, 0.25) is 5.02 Å². The van der Waals surface area contributed by atoms with Crippen molar-refractivity contribution in [2.75, 3.05) is 40.0 Å². The van der Waals surface area contributed by atoms with Crippen LogP contribution in [0.5, 0.6) is 5.75 Å². The average molecular weight is 401 g/mol. The number of nitrogens with one attached hydrogen (secondary N) is 1. The van der Waals surface area contributed by atoms with E-state index in [-0.39, 0.29) is 22.5 Å². The van der Waals surface area contributed by atoms with Gasteiger partial charge in [-0.3, -0.25) is 4.90 Å². The Labute approximate surface area is 157 Å². The van der Waals surface area contributed by atoms with E-state index >= 15 is 0 Å². The molecule has 0 amide bonds. The average Bonchev–Trinajstić information content (AvgIpc) is 3.17. The van der Waals surface area contributed by atoms with Gasteiger partial charge in [-0.1, -0.05) is 11.6 Å². The minimum atomic E-state index is -3.72. The van der Waals surface area contributed by atoms with Crippen LogP contribution < -0.4 is 9.46 Å². The van der Waals surface area contributed by atoms with Gasteiger partial charge in [0.1, 0.15) is 11.5 Å². The number of rotatable bonds is 7. The summed E-state index contributed by atoms with van der Waals surface area (Å²) >= 11 is 6.05. The summed E-state index contributed by atoms with van der Waals surface area (Å²) in [6.45, 7) is 2.82. The number of halogens is 1. The lowest BCUT2D eigenvalue weighted by molar-refractivity contribution is 0.0128. The van der Waals surface area contributed by atoms with E-state index in [0.717, 1.165) is 0 Å². The van der Waals surface area contributed by atoms with Crippen LogP contribution in [0.4, 0.5) is 0 Å². The first-order valence-corrected chi connectivity index (χ1v) is 10.1. The van der Waals surface area contributed by atoms with Gasteiger partial charge in [0, 0.05) is 19.6 Å². The number of nitrogens with zero attached hydrogens (tertiary/aromatic N) is 1. The number of sulfonamides is 1. The fourth-order valence-corrected chi connectivity index (χ4v) is 4.25. The molecule has 1 aromatic carbocycles. The molecule has 0 spiro atoms. The van der Waals surface area contributed by atoms with Crippen molar-refractivity contribution in [3.8, 4) is 5.75 Å². The predicted octanol–water partition coefficient (Wildman–Crippen LogP) is 2.29. The van der Waals surface area contributed by atoms with Gasteiger partial charge in [-0.2, -0.15) is 0 Å². The lowest BCUT2D eigenvalue weighted by atomic mass is 10.2. The second kappa shape index (κ2) is 8.41. The Morgan fingerprint density at radius 3 is 2.69 bits per heavy atom. The van der Waals surface area contributed by atoms with E-state index in [1.54, 1.807) is 12.3 Å². The van der Waals surface area contributed by atoms with Gasteiger partial charge in [0.2, 0.25) is 10.0 Å². The quantitative estimate of drug-likeness (QED) is 0.768. The smallest absolute Gasteiger partial charge is 0.240 e. The molecule has 1 aliphatic rings. The molecule has 7 nitrogen and oxygen atoms in total. The third kappa shape index (κ3) is 4.39. The van der Waals surface area contributed by atoms with Gasteiger partial charge < -0.3 is 13.9 Å². The Balaban J connectivity index is 1.76. The Morgan fingerprint density at radius 1 is 1.31 bits per heavy atom. The van der Waals surface area contributed by atoms with Gasteiger partial charge in [-0.25, -0.2) is 13.1 Å². The van der Waals surface area contributed by atoms with Crippen molar-refractivity contribution in [2.24, 2.45) is 0 Å².